The van der Waals surface area contributed by atoms with Crippen LogP contribution in [0.2, 0.25) is 0 Å². The van der Waals surface area contributed by atoms with E-state index in [4.69, 9.17) is 24.3 Å². The average Bonchev–Trinajstić information content (AvgIpc) is 3.57. The largest absolute Gasteiger partial charge is 0.496 e. The fraction of sp³-hybridized carbons (Fsp3) is 0.0833. The molecular formula is C24H20N6O3. The fourth-order valence-corrected chi connectivity index (χ4v) is 3.45. The van der Waals surface area contributed by atoms with Gasteiger partial charge in [-0.25, -0.2) is 4.98 Å². The predicted molar refractivity (Wildman–Crippen MR) is 123 cm³/mol. The van der Waals surface area contributed by atoms with Crippen molar-refractivity contribution >= 4 is 17.6 Å². The number of ether oxygens (including phenoxy) is 1. The maximum Gasteiger partial charge on any atom is 0.235 e. The Kier molecular flexibility index (Phi) is 5.42. The molecule has 0 atom stereocenters. The molecule has 0 amide bonds. The highest BCUT2D eigenvalue weighted by atomic mass is 16.5. The van der Waals surface area contributed by atoms with E-state index in [1.807, 2.05) is 65.6 Å². The zero-order valence-electron chi connectivity index (χ0n) is 17.8. The Bertz CT molecular complexity index is 1340. The lowest BCUT2D eigenvalue weighted by Crippen LogP contribution is -2.20. The number of benzene rings is 2. The van der Waals surface area contributed by atoms with Crippen LogP contribution in [0.1, 0.15) is 5.76 Å². The molecule has 0 bridgehead atoms. The molecule has 0 saturated heterocycles. The number of hydrogen-bond donors (Lipinski definition) is 1. The van der Waals surface area contributed by atoms with Gasteiger partial charge in [-0.1, -0.05) is 30.3 Å². The van der Waals surface area contributed by atoms with Crippen molar-refractivity contribution in [3.8, 4) is 28.5 Å². The number of oxazole rings is 1. The first-order chi connectivity index (χ1) is 16.2. The summed E-state index contributed by atoms with van der Waals surface area (Å²) in [6.45, 7) is 0.371. The van der Waals surface area contributed by atoms with Gasteiger partial charge in [-0.2, -0.15) is 15.0 Å². The summed E-state index contributed by atoms with van der Waals surface area (Å²) in [5.41, 5.74) is 8.46. The molecule has 2 N–H and O–H groups in total. The summed E-state index contributed by atoms with van der Waals surface area (Å²) >= 11 is 0. The number of rotatable bonds is 7. The van der Waals surface area contributed by atoms with E-state index in [2.05, 4.69) is 15.0 Å². The lowest BCUT2D eigenvalue weighted by Gasteiger charge is -2.23. The van der Waals surface area contributed by atoms with Gasteiger partial charge in [-0.3, -0.25) is 0 Å². The molecule has 3 aromatic heterocycles. The standard InChI is InChI=1S/C24H20N6O3/c1-31-20-12-17(9-10-19(20)21-13-26-15-33-21)30(14-18-8-5-11-32-18)24-28-22(27-23(25)29-24)16-6-3-2-4-7-16/h2-13,15H,14H2,1H3,(H2,25,27,28,29). The van der Waals surface area contributed by atoms with Crippen LogP contribution in [-0.2, 0) is 6.54 Å². The summed E-state index contributed by atoms with van der Waals surface area (Å²) in [5, 5.41) is 0. The molecule has 5 rings (SSSR count). The van der Waals surface area contributed by atoms with Gasteiger partial charge in [0.05, 0.1) is 31.7 Å². The van der Waals surface area contributed by atoms with Crippen molar-refractivity contribution in [3.63, 3.8) is 0 Å². The lowest BCUT2D eigenvalue weighted by molar-refractivity contribution is 0.414. The third-order valence-corrected chi connectivity index (χ3v) is 5.00. The number of aromatic nitrogens is 4. The third-order valence-electron chi connectivity index (χ3n) is 5.00. The summed E-state index contributed by atoms with van der Waals surface area (Å²) in [5.74, 6) is 2.92. The molecule has 0 unspecified atom stereocenters. The number of anilines is 3. The molecule has 0 aliphatic heterocycles. The van der Waals surface area contributed by atoms with Crippen LogP contribution in [0.25, 0.3) is 22.7 Å². The van der Waals surface area contributed by atoms with Gasteiger partial charge in [-0.15, -0.1) is 0 Å². The number of nitrogen functional groups attached to an aromatic ring is 1. The number of nitrogens with zero attached hydrogens (tertiary/aromatic N) is 5. The minimum atomic E-state index is 0.119. The minimum Gasteiger partial charge on any atom is -0.496 e. The molecule has 0 spiro atoms. The van der Waals surface area contributed by atoms with Gasteiger partial charge < -0.3 is 24.2 Å². The Hall–Kier alpha value is -4.66. The molecule has 0 fully saturated rings. The van der Waals surface area contributed by atoms with Crippen LogP contribution in [0.15, 0.2) is 88.4 Å². The smallest absolute Gasteiger partial charge is 0.235 e. The molecule has 0 saturated carbocycles. The number of furan rings is 1. The predicted octanol–water partition coefficient (Wildman–Crippen LogP) is 4.72. The second-order valence-electron chi connectivity index (χ2n) is 7.10. The van der Waals surface area contributed by atoms with Gasteiger partial charge in [0.15, 0.2) is 18.0 Å². The molecular weight excluding hydrogens is 420 g/mol. The Morgan fingerprint density at radius 3 is 2.58 bits per heavy atom. The molecule has 0 aliphatic carbocycles. The minimum absolute atomic E-state index is 0.119. The topological polar surface area (TPSA) is 116 Å². The summed E-state index contributed by atoms with van der Waals surface area (Å²) in [6.07, 6.45) is 4.64. The van der Waals surface area contributed by atoms with Crippen molar-refractivity contribution in [2.45, 2.75) is 6.54 Å². The normalized spacial score (nSPS) is 10.8. The molecule has 164 valence electrons. The highest BCUT2D eigenvalue weighted by molar-refractivity contribution is 5.72. The molecule has 9 heteroatoms. The van der Waals surface area contributed by atoms with E-state index in [-0.39, 0.29) is 5.95 Å². The van der Waals surface area contributed by atoms with Crippen molar-refractivity contribution in [1.82, 2.24) is 19.9 Å². The fourth-order valence-electron chi connectivity index (χ4n) is 3.45. The zero-order chi connectivity index (χ0) is 22.6. The van der Waals surface area contributed by atoms with Crippen LogP contribution in [-0.4, -0.2) is 27.0 Å². The molecule has 33 heavy (non-hydrogen) atoms. The van der Waals surface area contributed by atoms with Crippen molar-refractivity contribution in [3.05, 3.63) is 85.3 Å². The van der Waals surface area contributed by atoms with Crippen LogP contribution in [0.3, 0.4) is 0 Å². The highest BCUT2D eigenvalue weighted by Crippen LogP contribution is 2.36. The lowest BCUT2D eigenvalue weighted by atomic mass is 10.1. The Morgan fingerprint density at radius 1 is 0.970 bits per heavy atom. The maximum absolute atomic E-state index is 6.07. The van der Waals surface area contributed by atoms with E-state index < -0.39 is 0 Å². The quantitative estimate of drug-likeness (QED) is 0.384. The number of hydrogen-bond acceptors (Lipinski definition) is 9. The van der Waals surface area contributed by atoms with Crippen LogP contribution in [0.5, 0.6) is 5.75 Å². The zero-order valence-corrected chi connectivity index (χ0v) is 17.8. The second kappa shape index (κ2) is 8.83. The van der Waals surface area contributed by atoms with Gasteiger partial charge in [0, 0.05) is 17.3 Å². The van der Waals surface area contributed by atoms with Crippen molar-refractivity contribution < 1.29 is 13.6 Å². The van der Waals surface area contributed by atoms with Crippen LogP contribution >= 0.6 is 0 Å². The second-order valence-corrected chi connectivity index (χ2v) is 7.10. The van der Waals surface area contributed by atoms with Gasteiger partial charge in [0.2, 0.25) is 11.9 Å². The third kappa shape index (κ3) is 4.24. The Morgan fingerprint density at radius 2 is 1.85 bits per heavy atom. The van der Waals surface area contributed by atoms with Crippen molar-refractivity contribution in [1.29, 1.82) is 0 Å². The SMILES string of the molecule is COc1cc(N(Cc2ccco2)c2nc(N)nc(-c3ccccc3)n2)ccc1-c1cnco1. The van der Waals surface area contributed by atoms with Gasteiger partial charge in [0.1, 0.15) is 11.5 Å². The average molecular weight is 440 g/mol. The van der Waals surface area contributed by atoms with Crippen LogP contribution in [0.4, 0.5) is 17.6 Å². The molecule has 3 heterocycles. The van der Waals surface area contributed by atoms with E-state index in [0.29, 0.717) is 29.8 Å². The van der Waals surface area contributed by atoms with Gasteiger partial charge in [0.25, 0.3) is 0 Å². The van der Waals surface area contributed by atoms with Gasteiger partial charge in [-0.05, 0) is 24.3 Å². The van der Waals surface area contributed by atoms with E-state index in [1.54, 1.807) is 19.6 Å². The van der Waals surface area contributed by atoms with E-state index >= 15 is 0 Å². The molecule has 5 aromatic rings. The number of methoxy groups -OCH3 is 1. The Balaban J connectivity index is 1.61. The first-order valence-corrected chi connectivity index (χ1v) is 10.1. The monoisotopic (exact) mass is 440 g/mol. The van der Waals surface area contributed by atoms with Crippen LogP contribution < -0.4 is 15.4 Å². The molecule has 9 nitrogen and oxygen atoms in total. The van der Waals surface area contributed by atoms with E-state index in [1.165, 1.54) is 6.39 Å². The summed E-state index contributed by atoms with van der Waals surface area (Å²) < 4.78 is 16.7. The summed E-state index contributed by atoms with van der Waals surface area (Å²) in [7, 11) is 1.60. The Labute approximate surface area is 189 Å². The van der Waals surface area contributed by atoms with Crippen molar-refractivity contribution in [2.75, 3.05) is 17.7 Å². The highest BCUT2D eigenvalue weighted by Gasteiger charge is 2.20. The maximum atomic E-state index is 6.07. The molecule has 0 aliphatic rings. The van der Waals surface area contributed by atoms with E-state index in [0.717, 1.165) is 22.6 Å². The van der Waals surface area contributed by atoms with Crippen LogP contribution in [0, 0.1) is 0 Å². The summed E-state index contributed by atoms with van der Waals surface area (Å²) in [6, 6.07) is 19.0. The van der Waals surface area contributed by atoms with E-state index in [9.17, 15) is 0 Å². The number of nitrogens with two attached hydrogens (primary N) is 1. The first-order valence-electron chi connectivity index (χ1n) is 10.1. The van der Waals surface area contributed by atoms with Gasteiger partial charge >= 0.3 is 0 Å². The first kappa shape index (κ1) is 20.3. The molecule has 0 radical (unpaired) electrons. The summed E-state index contributed by atoms with van der Waals surface area (Å²) in [4.78, 5) is 19.3. The molecule has 2 aromatic carbocycles. The van der Waals surface area contributed by atoms with Crippen molar-refractivity contribution in [2.24, 2.45) is 0 Å².